The van der Waals surface area contributed by atoms with Crippen LogP contribution in [-0.4, -0.2) is 72.0 Å². The first kappa shape index (κ1) is 22.4. The van der Waals surface area contributed by atoms with Crippen LogP contribution in [0.4, 0.5) is 0 Å². The smallest absolute Gasteiger partial charge is 0.377 e. The van der Waals surface area contributed by atoms with Gasteiger partial charge >= 0.3 is 17.6 Å². The molecule has 0 aromatic heterocycles. The van der Waals surface area contributed by atoms with E-state index >= 15 is 0 Å². The minimum Gasteiger partial charge on any atom is -0.377 e. The summed E-state index contributed by atoms with van der Waals surface area (Å²) in [6, 6.07) is 0. The molecule has 9 heteroatoms. The molecule has 1 saturated carbocycles. The molecule has 154 valence electrons. The summed E-state index contributed by atoms with van der Waals surface area (Å²) in [7, 11) is 2.18. The fourth-order valence-corrected chi connectivity index (χ4v) is 12.0. The summed E-state index contributed by atoms with van der Waals surface area (Å²) in [5.41, 5.74) is 0. The Bertz CT molecular complexity index is 410. The third-order valence-corrected chi connectivity index (χ3v) is 14.0. The van der Waals surface area contributed by atoms with Gasteiger partial charge in [-0.2, -0.15) is 0 Å². The lowest BCUT2D eigenvalue weighted by atomic mass is 9.86. The average Bonchev–Trinajstić information content (AvgIpc) is 3.46. The molecule has 0 bridgehead atoms. The van der Waals surface area contributed by atoms with Crippen LogP contribution >= 0.6 is 0 Å². The number of hydrogen-bond acceptors (Lipinski definition) is 7. The second-order valence-electron chi connectivity index (χ2n) is 7.07. The first-order chi connectivity index (χ1) is 12.5. The van der Waals surface area contributed by atoms with E-state index in [0.717, 1.165) is 25.2 Å². The maximum absolute atomic E-state index is 6.28. The summed E-state index contributed by atoms with van der Waals surface area (Å²) in [5.74, 6) is 0.746. The first-order valence-corrected chi connectivity index (χ1v) is 13.2. The lowest BCUT2D eigenvalue weighted by Crippen LogP contribution is -2.62. The minimum absolute atomic E-state index is 0.166. The Kier molecular flexibility index (Phi) is 8.70. The van der Waals surface area contributed by atoms with Gasteiger partial charge in [0.15, 0.2) is 0 Å². The number of fused-ring (bicyclic) bond motifs is 1. The molecule has 26 heavy (non-hydrogen) atoms. The zero-order valence-electron chi connectivity index (χ0n) is 17.1. The molecule has 1 aliphatic carbocycles. The Hall–Kier alpha value is 0.154. The highest BCUT2D eigenvalue weighted by atomic mass is 28.5. The molecule has 1 aliphatic heterocycles. The van der Waals surface area contributed by atoms with Crippen LogP contribution in [0.5, 0.6) is 0 Å². The first-order valence-electron chi connectivity index (χ1n) is 9.59. The predicted molar refractivity (Wildman–Crippen MR) is 102 cm³/mol. The molecule has 0 radical (unpaired) electrons. The van der Waals surface area contributed by atoms with Gasteiger partial charge in [0.05, 0.1) is 17.4 Å². The van der Waals surface area contributed by atoms with E-state index in [2.05, 4.69) is 6.92 Å². The Morgan fingerprint density at radius 3 is 2.00 bits per heavy atom. The molecular weight excluding hydrogens is 372 g/mol. The van der Waals surface area contributed by atoms with Crippen LogP contribution in [0, 0.1) is 5.92 Å². The molecule has 2 aliphatic rings. The van der Waals surface area contributed by atoms with Crippen molar-refractivity contribution in [1.82, 2.24) is 0 Å². The Morgan fingerprint density at radius 2 is 1.50 bits per heavy atom. The molecule has 2 rings (SSSR count). The maximum Gasteiger partial charge on any atom is 0.508 e. The van der Waals surface area contributed by atoms with E-state index < -0.39 is 17.6 Å². The molecule has 7 nitrogen and oxygen atoms in total. The van der Waals surface area contributed by atoms with Gasteiger partial charge in [-0.05, 0) is 44.4 Å². The van der Waals surface area contributed by atoms with Gasteiger partial charge in [0.1, 0.15) is 0 Å². The van der Waals surface area contributed by atoms with Gasteiger partial charge in [0.25, 0.3) is 0 Å². The molecular formula is C17H36O7Si2. The van der Waals surface area contributed by atoms with Crippen molar-refractivity contribution in [3.63, 3.8) is 0 Å². The molecule has 0 amide bonds. The van der Waals surface area contributed by atoms with Crippen LogP contribution in [-0.2, 0) is 31.3 Å². The van der Waals surface area contributed by atoms with Gasteiger partial charge in [0, 0.05) is 42.2 Å². The fraction of sp³-hybridized carbons (Fsp3) is 1.00. The van der Waals surface area contributed by atoms with Crippen molar-refractivity contribution in [3.8, 4) is 0 Å². The van der Waals surface area contributed by atoms with E-state index in [0.29, 0.717) is 18.8 Å². The van der Waals surface area contributed by atoms with Crippen molar-refractivity contribution < 1.29 is 31.3 Å². The fourth-order valence-electron chi connectivity index (χ4n) is 4.31. The molecule has 4 atom stereocenters. The zero-order valence-corrected chi connectivity index (χ0v) is 19.1. The van der Waals surface area contributed by atoms with Crippen molar-refractivity contribution in [1.29, 1.82) is 0 Å². The summed E-state index contributed by atoms with van der Waals surface area (Å²) in [5, 5.41) is -0.166. The van der Waals surface area contributed by atoms with Gasteiger partial charge in [-0.3, -0.25) is 0 Å². The SMILES string of the molecule is CCC([Si](OC)(OC)OC)[Si](OC)(OC)OCCCC1CCC2OC2C1. The highest BCUT2D eigenvalue weighted by molar-refractivity contribution is 6.82. The van der Waals surface area contributed by atoms with E-state index in [1.54, 1.807) is 35.5 Å². The van der Waals surface area contributed by atoms with Crippen LogP contribution in [0.15, 0.2) is 0 Å². The summed E-state index contributed by atoms with van der Waals surface area (Å²) >= 11 is 0. The van der Waals surface area contributed by atoms with E-state index in [9.17, 15) is 0 Å². The number of epoxide rings is 1. The zero-order chi connectivity index (χ0) is 19.2. The third kappa shape index (κ3) is 4.76. The number of rotatable bonds is 13. The summed E-state index contributed by atoms with van der Waals surface area (Å²) in [6.07, 6.45) is 7.65. The molecule has 2 fully saturated rings. The van der Waals surface area contributed by atoms with Crippen LogP contribution in [0.1, 0.15) is 45.4 Å². The maximum atomic E-state index is 6.28. The Labute approximate surface area is 160 Å². The average molecular weight is 409 g/mol. The van der Waals surface area contributed by atoms with E-state index in [-0.39, 0.29) is 5.16 Å². The van der Waals surface area contributed by atoms with Crippen molar-refractivity contribution >= 4 is 17.6 Å². The molecule has 0 aromatic rings. The molecule has 0 N–H and O–H groups in total. The standard InChI is InChI=1S/C17H36O7Si2/c1-7-17(25(18-2,19-3)20-4)26(21-5,22-6)23-12-8-9-14-10-11-15-16(13-14)24-15/h14-17H,7-13H2,1-6H3. The highest BCUT2D eigenvalue weighted by Gasteiger charge is 2.63. The van der Waals surface area contributed by atoms with Gasteiger partial charge in [-0.25, -0.2) is 0 Å². The van der Waals surface area contributed by atoms with E-state index in [4.69, 9.17) is 31.3 Å². The topological polar surface area (TPSA) is 67.9 Å². The quantitative estimate of drug-likeness (QED) is 0.264. The van der Waals surface area contributed by atoms with Crippen LogP contribution < -0.4 is 0 Å². The lowest BCUT2D eigenvalue weighted by molar-refractivity contribution is 0.0642. The normalized spacial score (nSPS) is 27.2. The van der Waals surface area contributed by atoms with Gasteiger partial charge in [-0.1, -0.05) is 6.92 Å². The molecule has 4 unspecified atom stereocenters. The Balaban J connectivity index is 1.93. The van der Waals surface area contributed by atoms with Crippen LogP contribution in [0.25, 0.3) is 0 Å². The van der Waals surface area contributed by atoms with Crippen molar-refractivity contribution in [2.24, 2.45) is 5.92 Å². The van der Waals surface area contributed by atoms with Gasteiger partial charge in [-0.15, -0.1) is 0 Å². The number of ether oxygens (including phenoxy) is 1. The largest absolute Gasteiger partial charge is 0.508 e. The van der Waals surface area contributed by atoms with E-state index in [1.165, 1.54) is 19.3 Å². The van der Waals surface area contributed by atoms with E-state index in [1.807, 2.05) is 0 Å². The molecule has 0 aromatic carbocycles. The predicted octanol–water partition coefficient (Wildman–Crippen LogP) is 2.78. The highest BCUT2D eigenvalue weighted by Crippen LogP contribution is 2.41. The summed E-state index contributed by atoms with van der Waals surface area (Å²) < 4.78 is 40.7. The monoisotopic (exact) mass is 408 g/mol. The Morgan fingerprint density at radius 1 is 0.885 bits per heavy atom. The molecule has 1 saturated heterocycles. The third-order valence-electron chi connectivity index (χ3n) is 5.86. The number of hydrogen-bond donors (Lipinski definition) is 0. The van der Waals surface area contributed by atoms with Crippen molar-refractivity contribution in [3.05, 3.63) is 0 Å². The second kappa shape index (κ2) is 10.1. The lowest BCUT2D eigenvalue weighted by Gasteiger charge is -2.40. The van der Waals surface area contributed by atoms with Gasteiger partial charge < -0.3 is 31.3 Å². The molecule has 0 spiro atoms. The van der Waals surface area contributed by atoms with Crippen molar-refractivity contribution in [2.75, 3.05) is 42.2 Å². The van der Waals surface area contributed by atoms with Crippen LogP contribution in [0.3, 0.4) is 0 Å². The summed E-state index contributed by atoms with van der Waals surface area (Å²) in [6.45, 7) is 2.66. The summed E-state index contributed by atoms with van der Waals surface area (Å²) in [4.78, 5) is 0. The van der Waals surface area contributed by atoms with Gasteiger partial charge in [0.2, 0.25) is 0 Å². The second-order valence-corrected chi connectivity index (χ2v) is 13.8. The molecule has 1 heterocycles. The minimum atomic E-state index is -3.00. The van der Waals surface area contributed by atoms with Crippen molar-refractivity contribution in [2.45, 2.75) is 62.8 Å². The van der Waals surface area contributed by atoms with Crippen LogP contribution in [0.2, 0.25) is 5.16 Å².